The van der Waals surface area contributed by atoms with Gasteiger partial charge in [-0.15, -0.1) is 0 Å². The minimum atomic E-state index is -0.193. The maximum Gasteiger partial charge on any atom is 0.226 e. The molecule has 0 aliphatic heterocycles. The monoisotopic (exact) mass is 301 g/mol. The lowest BCUT2D eigenvalue weighted by atomic mass is 9.49. The Hall–Kier alpha value is -1.38. The van der Waals surface area contributed by atoms with Crippen LogP contribution in [0.5, 0.6) is 0 Å². The molecule has 5 rings (SSSR count). The van der Waals surface area contributed by atoms with E-state index in [4.69, 9.17) is 0 Å². The summed E-state index contributed by atoms with van der Waals surface area (Å²) in [6.45, 7) is 2.20. The molecule has 1 aromatic carbocycles. The molecule has 0 spiro atoms. The smallest absolute Gasteiger partial charge is 0.226 e. The summed E-state index contributed by atoms with van der Waals surface area (Å²) in [5.74, 6) is 2.34. The second kappa shape index (κ2) is 5.07. The molecule has 0 unspecified atom stereocenters. The Labute approximate surface area is 131 Å². The third-order valence-corrected chi connectivity index (χ3v) is 6.21. The molecule has 2 nitrogen and oxygen atoms in total. The molecule has 4 aliphatic carbocycles. The Morgan fingerprint density at radius 1 is 1.18 bits per heavy atom. The van der Waals surface area contributed by atoms with Gasteiger partial charge in [0.25, 0.3) is 0 Å². The average molecular weight is 301 g/mol. The highest BCUT2D eigenvalue weighted by atomic mass is 19.1. The van der Waals surface area contributed by atoms with Gasteiger partial charge < -0.3 is 5.32 Å². The van der Waals surface area contributed by atoms with Crippen LogP contribution in [0.3, 0.4) is 0 Å². The fourth-order valence-corrected chi connectivity index (χ4v) is 5.50. The van der Waals surface area contributed by atoms with Crippen LogP contribution < -0.4 is 5.32 Å². The lowest BCUT2D eigenvalue weighted by Gasteiger charge is -2.55. The van der Waals surface area contributed by atoms with Gasteiger partial charge in [0.15, 0.2) is 0 Å². The summed E-state index contributed by atoms with van der Waals surface area (Å²) in [4.78, 5) is 12.8. The molecule has 1 aromatic rings. The maximum absolute atomic E-state index is 13.6. The molecule has 4 aliphatic rings. The summed E-state index contributed by atoms with van der Waals surface area (Å²) in [6, 6.07) is 5.22. The summed E-state index contributed by atoms with van der Waals surface area (Å²) in [6.07, 6.45) is 7.26. The van der Waals surface area contributed by atoms with Crippen LogP contribution in [0.1, 0.15) is 49.7 Å². The zero-order chi connectivity index (χ0) is 15.3. The molecule has 3 heteroatoms. The van der Waals surface area contributed by atoms with E-state index in [9.17, 15) is 9.18 Å². The first-order valence-corrected chi connectivity index (χ1v) is 8.57. The van der Waals surface area contributed by atoms with Crippen molar-refractivity contribution in [2.75, 3.05) is 0 Å². The minimum Gasteiger partial charge on any atom is -0.352 e. The van der Waals surface area contributed by atoms with Crippen molar-refractivity contribution in [2.45, 2.75) is 52.0 Å². The number of aryl methyl sites for hydroxylation is 1. The highest BCUT2D eigenvalue weighted by Gasteiger charge is 2.54. The van der Waals surface area contributed by atoms with Crippen molar-refractivity contribution < 1.29 is 9.18 Å². The second-order valence-electron chi connectivity index (χ2n) is 7.96. The van der Waals surface area contributed by atoms with Crippen molar-refractivity contribution in [3.63, 3.8) is 0 Å². The van der Waals surface area contributed by atoms with Gasteiger partial charge >= 0.3 is 0 Å². The number of halogens is 1. The van der Waals surface area contributed by atoms with Crippen molar-refractivity contribution in [1.82, 2.24) is 5.32 Å². The highest BCUT2D eigenvalue weighted by molar-refractivity contribution is 5.83. The van der Waals surface area contributed by atoms with Crippen LogP contribution in [0.2, 0.25) is 0 Å². The highest BCUT2D eigenvalue weighted by Crippen LogP contribution is 2.60. The SMILES string of the molecule is Cc1ccc(CNC(=O)C23CC4CC(CC(C4)C2)C3)cc1F. The number of nitrogens with one attached hydrogen (secondary N) is 1. The van der Waals surface area contributed by atoms with Crippen LogP contribution in [0.4, 0.5) is 4.39 Å². The van der Waals surface area contributed by atoms with Gasteiger partial charge in [-0.3, -0.25) is 4.79 Å². The normalized spacial score (nSPS) is 35.6. The van der Waals surface area contributed by atoms with E-state index in [1.165, 1.54) is 25.3 Å². The van der Waals surface area contributed by atoms with Crippen molar-refractivity contribution in [1.29, 1.82) is 0 Å². The molecule has 0 radical (unpaired) electrons. The number of amides is 1. The zero-order valence-electron chi connectivity index (χ0n) is 13.2. The molecule has 4 fully saturated rings. The van der Waals surface area contributed by atoms with Crippen molar-refractivity contribution in [2.24, 2.45) is 23.2 Å². The molecule has 0 atom stereocenters. The van der Waals surface area contributed by atoms with E-state index in [0.29, 0.717) is 12.1 Å². The van der Waals surface area contributed by atoms with Crippen LogP contribution in [0, 0.1) is 35.9 Å². The van der Waals surface area contributed by atoms with Crippen molar-refractivity contribution in [3.05, 3.63) is 35.1 Å². The van der Waals surface area contributed by atoms with E-state index < -0.39 is 0 Å². The largest absolute Gasteiger partial charge is 0.352 e. The van der Waals surface area contributed by atoms with Crippen LogP contribution in [-0.4, -0.2) is 5.91 Å². The van der Waals surface area contributed by atoms with Gasteiger partial charge in [0.05, 0.1) is 0 Å². The first-order valence-electron chi connectivity index (χ1n) is 8.57. The zero-order valence-corrected chi connectivity index (χ0v) is 13.2. The van der Waals surface area contributed by atoms with Gasteiger partial charge in [0.1, 0.15) is 5.82 Å². The van der Waals surface area contributed by atoms with Crippen LogP contribution >= 0.6 is 0 Å². The van der Waals surface area contributed by atoms with E-state index in [0.717, 1.165) is 42.6 Å². The summed E-state index contributed by atoms with van der Waals surface area (Å²) in [5.41, 5.74) is 1.38. The quantitative estimate of drug-likeness (QED) is 0.899. The van der Waals surface area contributed by atoms with E-state index in [2.05, 4.69) is 5.32 Å². The fourth-order valence-electron chi connectivity index (χ4n) is 5.50. The van der Waals surface area contributed by atoms with Crippen LogP contribution in [-0.2, 0) is 11.3 Å². The Kier molecular flexibility index (Phi) is 3.28. The van der Waals surface area contributed by atoms with Gasteiger partial charge in [-0.1, -0.05) is 12.1 Å². The first-order chi connectivity index (χ1) is 10.5. The van der Waals surface area contributed by atoms with Gasteiger partial charge in [-0.2, -0.15) is 0 Å². The molecule has 22 heavy (non-hydrogen) atoms. The Morgan fingerprint density at radius 2 is 1.77 bits per heavy atom. The molecular weight excluding hydrogens is 277 g/mol. The predicted molar refractivity (Wildman–Crippen MR) is 83.6 cm³/mol. The number of rotatable bonds is 3. The second-order valence-corrected chi connectivity index (χ2v) is 7.96. The topological polar surface area (TPSA) is 29.1 Å². The van der Waals surface area contributed by atoms with Crippen LogP contribution in [0.25, 0.3) is 0 Å². The Bertz CT molecular complexity index is 574. The molecule has 1 amide bonds. The Morgan fingerprint density at radius 3 is 2.32 bits per heavy atom. The molecule has 4 bridgehead atoms. The van der Waals surface area contributed by atoms with E-state index in [-0.39, 0.29) is 17.1 Å². The number of carbonyl (C=O) groups is 1. The van der Waals surface area contributed by atoms with Gasteiger partial charge in [-0.05, 0) is 80.4 Å². The lowest BCUT2D eigenvalue weighted by Crippen LogP contribution is -2.53. The van der Waals surface area contributed by atoms with Gasteiger partial charge in [0.2, 0.25) is 5.91 Å². The fraction of sp³-hybridized carbons (Fsp3) is 0.632. The number of hydrogen-bond donors (Lipinski definition) is 1. The van der Waals surface area contributed by atoms with Crippen LogP contribution in [0.15, 0.2) is 18.2 Å². The molecule has 0 aromatic heterocycles. The third-order valence-electron chi connectivity index (χ3n) is 6.21. The number of hydrogen-bond acceptors (Lipinski definition) is 1. The minimum absolute atomic E-state index is 0.113. The third kappa shape index (κ3) is 2.35. The summed E-state index contributed by atoms with van der Waals surface area (Å²) >= 11 is 0. The molecule has 118 valence electrons. The first kappa shape index (κ1) is 14.2. The molecule has 1 N–H and O–H groups in total. The maximum atomic E-state index is 13.6. The molecule has 0 saturated heterocycles. The summed E-state index contributed by atoms with van der Waals surface area (Å²) < 4.78 is 13.6. The lowest BCUT2D eigenvalue weighted by molar-refractivity contribution is -0.146. The van der Waals surface area contributed by atoms with E-state index in [1.807, 2.05) is 6.07 Å². The van der Waals surface area contributed by atoms with E-state index >= 15 is 0 Å². The van der Waals surface area contributed by atoms with Gasteiger partial charge in [0, 0.05) is 12.0 Å². The van der Waals surface area contributed by atoms with Crippen molar-refractivity contribution in [3.8, 4) is 0 Å². The molecular formula is C19H24FNO. The van der Waals surface area contributed by atoms with E-state index in [1.54, 1.807) is 13.0 Å². The average Bonchev–Trinajstić information content (AvgIpc) is 2.46. The summed E-state index contributed by atoms with van der Waals surface area (Å²) in [5, 5.41) is 3.10. The predicted octanol–water partition coefficient (Wildman–Crippen LogP) is 3.97. The van der Waals surface area contributed by atoms with Gasteiger partial charge in [-0.25, -0.2) is 4.39 Å². The van der Waals surface area contributed by atoms with Crippen molar-refractivity contribution >= 4 is 5.91 Å². The standard InChI is InChI=1S/C19H24FNO/c1-12-2-3-13(7-17(12)20)11-21-18(22)19-8-14-4-15(9-19)6-16(5-14)10-19/h2-3,7,14-16H,4-6,8-11H2,1H3,(H,21,22). The summed E-state index contributed by atoms with van der Waals surface area (Å²) in [7, 11) is 0. The number of carbonyl (C=O) groups excluding carboxylic acids is 1. The molecule has 0 heterocycles. The molecule has 4 saturated carbocycles. The number of benzene rings is 1. The Balaban J connectivity index is 1.45.